The third kappa shape index (κ3) is 30.1. The largest absolute Gasteiger partial charge is 0.378 e. The number of hydrogen-bond donors (Lipinski definition) is 1. The van der Waals surface area contributed by atoms with E-state index in [-0.39, 0.29) is 0 Å². The first kappa shape index (κ1) is 97.8. The maximum Gasteiger partial charge on any atom is 0.196 e. The van der Waals surface area contributed by atoms with Crippen LogP contribution in [-0.2, 0) is 0 Å². The van der Waals surface area contributed by atoms with Crippen LogP contribution >= 0.6 is 0 Å². The molecular formula is C101H172N20. The summed E-state index contributed by atoms with van der Waals surface area (Å²) in [6, 6.07) is 24.3. The summed E-state index contributed by atoms with van der Waals surface area (Å²) in [5, 5.41) is 3.30. The highest BCUT2D eigenvalue weighted by Crippen LogP contribution is 2.43. The molecule has 4 aromatic rings. The standard InChI is InChI=1S/C21H26N2.C15H26N2.C11H22N2.C10H22N2.C9H16N2.C8H15N3.C8H17N.C7H13N3.C7H10N2.C5H5N/c1-14-9-16(3)20(17(4)10-14)22-7-8-23(13-22)21-18(5)11-15(2)12-19(21)6;1-3-7-16-11-13-9-12(14(16)5-1)10-17-8-4-2-6-15(13)17;1-8(2)12-7-13(9(3)4)11(6)10(12)5;1-11(2)9-7-5-6-8-10(9)12(3)4;1-2-5-9-10-6-4-8-11(9)7-3-1;1-10-5-3-7-11-6-2-4-9-8(10)11;1-9(2)8-6-4-3-5-7-8;1-3-8-7-9-4-2-6-10(7)5-1;1-9(2)7-3-5-8-6-4-7;1-2-4-6-5-3-1/h7-12H,13H2,1-6H3;12-15H,1-11H2;8-9H,7H2,1-6H3;9-10H,5-8H2,1-4H3;1-8H2;2-7H2,1H3;8H,3-7H2,1-2H3;1-6H2,(H,8,9);3-6H,1-2H3;1-5H/t;12-,13-,14-,15+;;9-,10-;;;;;;/m.1.0....../s1. The third-order valence-corrected chi connectivity index (χ3v) is 27.5. The molecule has 0 amide bonds. The lowest BCUT2D eigenvalue weighted by atomic mass is 9.71. The Hall–Kier alpha value is -6.97. The van der Waals surface area contributed by atoms with Gasteiger partial charge in [0, 0.05) is 221 Å². The van der Waals surface area contributed by atoms with Crippen molar-refractivity contribution in [3.8, 4) is 0 Å². The Balaban J connectivity index is 0.000000156. The molecule has 14 aliphatic rings. The number of rotatable bonds is 8. The molecule has 0 radical (unpaired) electrons. The van der Waals surface area contributed by atoms with Crippen LogP contribution < -0.4 is 20.0 Å². The van der Waals surface area contributed by atoms with Crippen molar-refractivity contribution in [2.75, 3.05) is 190 Å². The van der Waals surface area contributed by atoms with Crippen molar-refractivity contribution < 1.29 is 0 Å². The number of nitrogens with one attached hydrogen (secondary N) is 1. The maximum absolute atomic E-state index is 4.55. The molecule has 0 unspecified atom stereocenters. The highest BCUT2D eigenvalue weighted by molar-refractivity contribution is 5.83. The first-order valence-corrected chi connectivity index (χ1v) is 48.1. The number of guanidine groups is 2. The Morgan fingerprint density at radius 2 is 0.876 bits per heavy atom. The van der Waals surface area contributed by atoms with Gasteiger partial charge < -0.3 is 64.1 Å². The quantitative estimate of drug-likeness (QED) is 0.180. The molecule has 20 heteroatoms. The first-order valence-electron chi connectivity index (χ1n) is 48.1. The van der Waals surface area contributed by atoms with Gasteiger partial charge in [0.05, 0.1) is 19.2 Å². The fourth-order valence-electron chi connectivity index (χ4n) is 21.2. The molecule has 676 valence electrons. The third-order valence-electron chi connectivity index (χ3n) is 27.5. The van der Waals surface area contributed by atoms with Crippen LogP contribution in [0.4, 0.5) is 17.1 Å². The number of aliphatic imine (C=N–C) groups is 3. The molecule has 0 spiro atoms. The van der Waals surface area contributed by atoms with Crippen LogP contribution in [0.15, 0.2) is 118 Å². The van der Waals surface area contributed by atoms with E-state index in [2.05, 4.69) is 263 Å². The van der Waals surface area contributed by atoms with Gasteiger partial charge in [0.25, 0.3) is 0 Å². The molecule has 14 heterocycles. The predicted octanol–water partition coefficient (Wildman–Crippen LogP) is 17.9. The van der Waals surface area contributed by atoms with E-state index in [1.54, 1.807) is 31.2 Å². The van der Waals surface area contributed by atoms with Gasteiger partial charge in [-0.1, -0.05) is 92.8 Å². The van der Waals surface area contributed by atoms with Crippen molar-refractivity contribution in [1.29, 1.82) is 0 Å². The summed E-state index contributed by atoms with van der Waals surface area (Å²) in [6.45, 7) is 46.9. The molecule has 2 bridgehead atoms. The Bertz CT molecular complexity index is 3560. The lowest BCUT2D eigenvalue weighted by Gasteiger charge is -2.57. The molecule has 121 heavy (non-hydrogen) atoms. The average Bonchev–Trinajstić information content (AvgIpc) is 1.45. The SMILES string of the molecule is C1CCC2=NCCCN2CC1.C1CCN2C[C@H]3C[C@H](CN4CCCC[C@@H]34)[C@H]2C1.C1CN=C2NCCCN2C1.CC1=C(C)N(C(C)C)CN1C(C)C.CN(C)C1CCCCC1.CN(C)[C@H]1CCCC[C@@H]1N(C)C.CN(C)c1ccncc1.CN1CCCN2CCCN=C12.Cc1cc(C)c(N2C=CN(c3c(C)cc(C)cc3C)C2)c(C)c1.c1ccncc1. The molecule has 7 saturated heterocycles. The van der Waals surface area contributed by atoms with Gasteiger partial charge in [0.15, 0.2) is 11.9 Å². The molecule has 6 atom stereocenters. The van der Waals surface area contributed by atoms with Crippen molar-refractivity contribution in [3.63, 3.8) is 0 Å². The zero-order valence-electron chi connectivity index (χ0n) is 80.6. The van der Waals surface area contributed by atoms with Crippen LogP contribution in [0.5, 0.6) is 0 Å². The summed E-state index contributed by atoms with van der Waals surface area (Å²) in [6.07, 6.45) is 46.3. The second-order valence-electron chi connectivity index (χ2n) is 38.5. The Labute approximate surface area is 738 Å². The molecule has 20 nitrogen and oxygen atoms in total. The van der Waals surface area contributed by atoms with E-state index < -0.39 is 0 Å². The summed E-state index contributed by atoms with van der Waals surface area (Å²) in [5.41, 5.74) is 14.7. The monoisotopic (exact) mass is 1670 g/mol. The van der Waals surface area contributed by atoms with Crippen LogP contribution in [0.1, 0.15) is 235 Å². The Morgan fingerprint density at radius 3 is 1.33 bits per heavy atom. The molecule has 2 aliphatic carbocycles. The van der Waals surface area contributed by atoms with Gasteiger partial charge in [-0.25, -0.2) is 0 Å². The number of allylic oxidation sites excluding steroid dienone is 2. The fourth-order valence-corrected chi connectivity index (χ4v) is 21.2. The number of anilines is 3. The van der Waals surface area contributed by atoms with Crippen molar-refractivity contribution >= 4 is 34.8 Å². The number of likely N-dealkylation sites (N-methyl/N-ethyl adjacent to an activating group) is 2. The van der Waals surface area contributed by atoms with Gasteiger partial charge in [0.1, 0.15) is 0 Å². The number of benzene rings is 2. The number of fused-ring (bicyclic) bond motifs is 9. The number of amidine groups is 1. The van der Waals surface area contributed by atoms with E-state index in [1.807, 2.05) is 49.3 Å². The zero-order valence-corrected chi connectivity index (χ0v) is 80.6. The summed E-state index contributed by atoms with van der Waals surface area (Å²) in [5.74, 6) is 5.79. The highest BCUT2D eigenvalue weighted by atomic mass is 15.4. The van der Waals surface area contributed by atoms with Crippen molar-refractivity contribution in [2.45, 2.75) is 286 Å². The van der Waals surface area contributed by atoms with E-state index in [0.717, 1.165) is 87.5 Å². The van der Waals surface area contributed by atoms with Crippen LogP contribution in [0.2, 0.25) is 0 Å². The van der Waals surface area contributed by atoms with Gasteiger partial charge in [-0.3, -0.25) is 34.7 Å². The summed E-state index contributed by atoms with van der Waals surface area (Å²) in [4.78, 5) is 55.1. The topological polar surface area (TPSA) is 120 Å². The van der Waals surface area contributed by atoms with Crippen LogP contribution in [0, 0.1) is 53.4 Å². The molecule has 2 saturated carbocycles. The molecule has 12 aliphatic heterocycles. The van der Waals surface area contributed by atoms with Gasteiger partial charge in [-0.2, -0.15) is 0 Å². The van der Waals surface area contributed by atoms with Crippen LogP contribution in [-0.4, -0.2) is 299 Å². The lowest BCUT2D eigenvalue weighted by Crippen LogP contribution is -2.63. The second kappa shape index (κ2) is 50.8. The van der Waals surface area contributed by atoms with Crippen molar-refractivity contribution in [2.24, 2.45) is 26.8 Å². The Morgan fingerprint density at radius 1 is 0.421 bits per heavy atom. The number of pyridine rings is 2. The molecule has 18 rings (SSSR count). The predicted molar refractivity (Wildman–Crippen MR) is 518 cm³/mol. The number of aromatic nitrogens is 2. The van der Waals surface area contributed by atoms with E-state index in [0.29, 0.717) is 12.1 Å². The molecule has 2 aromatic heterocycles. The maximum atomic E-state index is 4.55. The summed E-state index contributed by atoms with van der Waals surface area (Å²) < 4.78 is 0. The minimum atomic E-state index is 0.610. The minimum absolute atomic E-state index is 0.610. The minimum Gasteiger partial charge on any atom is -0.378 e. The Kier molecular flexibility index (Phi) is 41.1. The van der Waals surface area contributed by atoms with E-state index >= 15 is 0 Å². The van der Waals surface area contributed by atoms with E-state index in [4.69, 9.17) is 0 Å². The number of nitrogens with zero attached hydrogens (tertiary/aromatic N) is 19. The van der Waals surface area contributed by atoms with E-state index in [1.165, 1.54) is 300 Å². The molecule has 1 N–H and O–H groups in total. The average molecular weight is 1670 g/mol. The van der Waals surface area contributed by atoms with Gasteiger partial charge in [-0.15, -0.1) is 0 Å². The van der Waals surface area contributed by atoms with Crippen LogP contribution in [0.3, 0.4) is 0 Å². The van der Waals surface area contributed by atoms with Gasteiger partial charge in [-0.05, 0) is 300 Å². The first-order chi connectivity index (χ1) is 58.3. The molecular weight excluding hydrogens is 1490 g/mol. The highest BCUT2D eigenvalue weighted by Gasteiger charge is 2.46. The van der Waals surface area contributed by atoms with Crippen molar-refractivity contribution in [3.05, 3.63) is 137 Å². The summed E-state index contributed by atoms with van der Waals surface area (Å²) in [7, 11) is 19.3. The smallest absolute Gasteiger partial charge is 0.196 e. The van der Waals surface area contributed by atoms with Crippen molar-refractivity contribution in [1.82, 2.24) is 69.2 Å². The summed E-state index contributed by atoms with van der Waals surface area (Å²) >= 11 is 0. The number of piperidine rings is 4. The zero-order chi connectivity index (χ0) is 86.9. The van der Waals surface area contributed by atoms with E-state index in [9.17, 15) is 0 Å². The van der Waals surface area contributed by atoms with Gasteiger partial charge >= 0.3 is 0 Å². The fraction of sp³-hybridized carbons (Fsp3) is 0.713. The molecule has 2 aromatic carbocycles. The van der Waals surface area contributed by atoms with Crippen LogP contribution in [0.25, 0.3) is 0 Å². The number of hydrogen-bond acceptors (Lipinski definition) is 20. The molecule has 9 fully saturated rings. The number of aryl methyl sites for hydroxylation is 6. The van der Waals surface area contributed by atoms with Gasteiger partial charge in [0.2, 0.25) is 0 Å². The lowest BCUT2D eigenvalue weighted by molar-refractivity contribution is -0.0718. The second-order valence-corrected chi connectivity index (χ2v) is 38.5. The normalized spacial score (nSPS) is 23.8.